The van der Waals surface area contributed by atoms with Crippen LogP contribution in [0.3, 0.4) is 0 Å². The van der Waals surface area contributed by atoms with E-state index in [1.54, 1.807) is 12.3 Å². The normalized spacial score (nSPS) is 10.5. The molecule has 0 saturated heterocycles. The molecule has 12 heavy (non-hydrogen) atoms. The second-order valence-corrected chi connectivity index (χ2v) is 3.10. The van der Waals surface area contributed by atoms with Crippen LogP contribution in [0.15, 0.2) is 24.4 Å². The molecule has 0 bridgehead atoms. The lowest BCUT2D eigenvalue weighted by Crippen LogP contribution is -1.83. The molecule has 0 unspecified atom stereocenters. The first-order valence-electron chi connectivity index (χ1n) is 3.34. The third kappa shape index (κ3) is 1.13. The molecule has 0 aliphatic heterocycles. The number of halogens is 2. The Labute approximate surface area is 79.1 Å². The average Bonchev–Trinajstić information content (AvgIpc) is 2.07. The first-order chi connectivity index (χ1) is 5.79. The number of hydrogen-bond acceptors (Lipinski definition) is 2. The van der Waals surface area contributed by atoms with E-state index in [4.69, 9.17) is 23.2 Å². The third-order valence-corrected chi connectivity index (χ3v) is 2.22. The van der Waals surface area contributed by atoms with Crippen LogP contribution < -0.4 is 0 Å². The van der Waals surface area contributed by atoms with Gasteiger partial charge in [0.25, 0.3) is 0 Å². The predicted molar refractivity (Wildman–Crippen MR) is 49.6 cm³/mol. The smallest absolute Gasteiger partial charge is 0.157 e. The zero-order chi connectivity index (χ0) is 8.55. The van der Waals surface area contributed by atoms with E-state index in [1.807, 2.05) is 12.1 Å². The fraction of sp³-hybridized carbons (Fsp3) is 0. The lowest BCUT2D eigenvalue weighted by Gasteiger charge is -1.98. The van der Waals surface area contributed by atoms with E-state index in [-0.39, 0.29) is 0 Å². The number of aromatic nitrogens is 2. The Hall–Kier alpha value is -0.860. The van der Waals surface area contributed by atoms with Crippen molar-refractivity contribution in [2.75, 3.05) is 0 Å². The van der Waals surface area contributed by atoms with Gasteiger partial charge in [0.05, 0.1) is 11.2 Å². The van der Waals surface area contributed by atoms with Crippen LogP contribution in [0, 0.1) is 0 Å². The molecule has 2 aromatic rings. The average molecular weight is 199 g/mol. The summed E-state index contributed by atoms with van der Waals surface area (Å²) in [4.78, 5) is 0. The van der Waals surface area contributed by atoms with Gasteiger partial charge in [0.2, 0.25) is 0 Å². The molecule has 0 spiro atoms. The molecule has 2 nitrogen and oxygen atoms in total. The second kappa shape index (κ2) is 2.88. The topological polar surface area (TPSA) is 25.8 Å². The van der Waals surface area contributed by atoms with Gasteiger partial charge in [-0.1, -0.05) is 35.3 Å². The molecule has 60 valence electrons. The number of hydrogen-bond donors (Lipinski definition) is 0. The van der Waals surface area contributed by atoms with Crippen LogP contribution in [0.5, 0.6) is 0 Å². The van der Waals surface area contributed by atoms with Gasteiger partial charge in [0, 0.05) is 10.8 Å². The largest absolute Gasteiger partial charge is 0.159 e. The first kappa shape index (κ1) is 7.77. The molecule has 0 fully saturated rings. The number of rotatable bonds is 0. The van der Waals surface area contributed by atoms with Crippen LogP contribution in [-0.4, -0.2) is 10.2 Å². The number of nitrogens with zero attached hydrogens (tertiary/aromatic N) is 2. The van der Waals surface area contributed by atoms with Gasteiger partial charge in [-0.3, -0.25) is 0 Å². The summed E-state index contributed by atoms with van der Waals surface area (Å²) in [6.45, 7) is 0. The molecule has 0 saturated carbocycles. The fourth-order valence-corrected chi connectivity index (χ4v) is 1.47. The standard InChI is InChI=1S/C8H4Cl2N2/c9-7-3-1-2-5-6(7)4-11-12-8(5)10/h1-4H. The Morgan fingerprint density at radius 2 is 1.92 bits per heavy atom. The molecule has 0 radical (unpaired) electrons. The highest BCUT2D eigenvalue weighted by Crippen LogP contribution is 2.25. The zero-order valence-corrected chi connectivity index (χ0v) is 7.47. The molecule has 1 aromatic heterocycles. The van der Waals surface area contributed by atoms with E-state index >= 15 is 0 Å². The summed E-state index contributed by atoms with van der Waals surface area (Å²) in [7, 11) is 0. The van der Waals surface area contributed by atoms with Crippen molar-refractivity contribution in [3.05, 3.63) is 34.6 Å². The lowest BCUT2D eigenvalue weighted by atomic mass is 10.2. The van der Waals surface area contributed by atoms with Crippen molar-refractivity contribution in [2.45, 2.75) is 0 Å². The Kier molecular flexibility index (Phi) is 1.87. The van der Waals surface area contributed by atoms with E-state index in [0.717, 1.165) is 10.8 Å². The van der Waals surface area contributed by atoms with Crippen molar-refractivity contribution in [3.8, 4) is 0 Å². The summed E-state index contributed by atoms with van der Waals surface area (Å²) < 4.78 is 0. The van der Waals surface area contributed by atoms with Crippen LogP contribution in [0.4, 0.5) is 0 Å². The Bertz CT molecular complexity index is 387. The van der Waals surface area contributed by atoms with Gasteiger partial charge in [0.15, 0.2) is 5.15 Å². The summed E-state index contributed by atoms with van der Waals surface area (Å²) in [5.74, 6) is 0. The molecule has 4 heteroatoms. The highest BCUT2D eigenvalue weighted by molar-refractivity contribution is 6.38. The summed E-state index contributed by atoms with van der Waals surface area (Å²) in [6, 6.07) is 5.48. The molecule has 2 rings (SSSR count). The van der Waals surface area contributed by atoms with Crippen LogP contribution in [0.1, 0.15) is 0 Å². The van der Waals surface area contributed by atoms with Crippen LogP contribution in [-0.2, 0) is 0 Å². The minimum Gasteiger partial charge on any atom is -0.157 e. The van der Waals surface area contributed by atoms with Gasteiger partial charge in [-0.25, -0.2) is 0 Å². The first-order valence-corrected chi connectivity index (χ1v) is 4.10. The Morgan fingerprint density at radius 3 is 2.67 bits per heavy atom. The van der Waals surface area contributed by atoms with Crippen molar-refractivity contribution < 1.29 is 0 Å². The number of benzene rings is 1. The SMILES string of the molecule is Clc1cccc2c(Cl)nncc12. The summed E-state index contributed by atoms with van der Waals surface area (Å²) >= 11 is 11.7. The highest BCUT2D eigenvalue weighted by Gasteiger charge is 2.02. The van der Waals surface area contributed by atoms with Crippen LogP contribution in [0.2, 0.25) is 10.2 Å². The summed E-state index contributed by atoms with van der Waals surface area (Å²) in [5, 5.41) is 10.1. The van der Waals surface area contributed by atoms with E-state index in [1.165, 1.54) is 0 Å². The molecular formula is C8H4Cl2N2. The highest BCUT2D eigenvalue weighted by atomic mass is 35.5. The quantitative estimate of drug-likeness (QED) is 0.651. The van der Waals surface area contributed by atoms with Gasteiger partial charge < -0.3 is 0 Å². The van der Waals surface area contributed by atoms with Gasteiger partial charge >= 0.3 is 0 Å². The van der Waals surface area contributed by atoms with Crippen LogP contribution in [0.25, 0.3) is 10.8 Å². The third-order valence-electron chi connectivity index (χ3n) is 1.61. The molecule has 0 N–H and O–H groups in total. The van der Waals surface area contributed by atoms with Gasteiger partial charge in [0.1, 0.15) is 0 Å². The molecule has 0 aliphatic rings. The summed E-state index contributed by atoms with van der Waals surface area (Å²) in [6.07, 6.45) is 1.60. The van der Waals surface area contributed by atoms with Crippen molar-refractivity contribution in [2.24, 2.45) is 0 Å². The van der Waals surface area contributed by atoms with E-state index in [9.17, 15) is 0 Å². The Balaban J connectivity index is 2.94. The minimum absolute atomic E-state index is 0.384. The molecular weight excluding hydrogens is 195 g/mol. The summed E-state index contributed by atoms with van der Waals surface area (Å²) in [5.41, 5.74) is 0. The van der Waals surface area contributed by atoms with E-state index < -0.39 is 0 Å². The van der Waals surface area contributed by atoms with Crippen molar-refractivity contribution in [1.82, 2.24) is 10.2 Å². The molecule has 0 atom stereocenters. The zero-order valence-electron chi connectivity index (χ0n) is 5.96. The molecule has 1 aromatic carbocycles. The van der Waals surface area contributed by atoms with Crippen molar-refractivity contribution in [1.29, 1.82) is 0 Å². The van der Waals surface area contributed by atoms with Gasteiger partial charge in [-0.2, -0.15) is 5.10 Å². The Morgan fingerprint density at radius 1 is 1.08 bits per heavy atom. The molecule has 0 aliphatic carbocycles. The number of fused-ring (bicyclic) bond motifs is 1. The lowest BCUT2D eigenvalue weighted by molar-refractivity contribution is 1.05. The monoisotopic (exact) mass is 198 g/mol. The minimum atomic E-state index is 0.384. The van der Waals surface area contributed by atoms with Gasteiger partial charge in [-0.05, 0) is 6.07 Å². The van der Waals surface area contributed by atoms with Gasteiger partial charge in [-0.15, -0.1) is 5.10 Å². The van der Waals surface area contributed by atoms with E-state index in [2.05, 4.69) is 10.2 Å². The maximum absolute atomic E-state index is 5.90. The maximum atomic E-state index is 5.90. The van der Waals surface area contributed by atoms with Crippen LogP contribution >= 0.6 is 23.2 Å². The predicted octanol–water partition coefficient (Wildman–Crippen LogP) is 2.94. The molecule has 1 heterocycles. The van der Waals surface area contributed by atoms with E-state index in [0.29, 0.717) is 10.2 Å². The fourth-order valence-electron chi connectivity index (χ4n) is 1.04. The maximum Gasteiger partial charge on any atom is 0.159 e. The van der Waals surface area contributed by atoms with Crippen molar-refractivity contribution >= 4 is 34.0 Å². The molecule has 0 amide bonds. The second-order valence-electron chi connectivity index (χ2n) is 2.34. The van der Waals surface area contributed by atoms with Crippen molar-refractivity contribution in [3.63, 3.8) is 0 Å².